The normalized spacial score (nSPS) is 16.6. The quantitative estimate of drug-likeness (QED) is 0.854. The fourth-order valence-corrected chi connectivity index (χ4v) is 4.13. The molecule has 24 heavy (non-hydrogen) atoms. The van der Waals surface area contributed by atoms with Crippen LogP contribution in [0.15, 0.2) is 17.8 Å². The smallest absolute Gasteiger partial charge is 0.227 e. The number of aromatic nitrogens is 2. The molecule has 3 heterocycles. The molecule has 0 N–H and O–H groups in total. The molecule has 0 unspecified atom stereocenters. The third kappa shape index (κ3) is 3.53. The fourth-order valence-electron chi connectivity index (χ4n) is 3.40. The first-order valence-electron chi connectivity index (χ1n) is 8.55. The first kappa shape index (κ1) is 17.1. The van der Waals surface area contributed by atoms with Crippen molar-refractivity contribution < 1.29 is 4.79 Å². The van der Waals surface area contributed by atoms with E-state index < -0.39 is 0 Å². The van der Waals surface area contributed by atoms with Crippen molar-refractivity contribution in [2.75, 3.05) is 31.6 Å². The maximum Gasteiger partial charge on any atom is 0.227 e. The molecule has 2 aromatic heterocycles. The Hall–Kier alpha value is -1.69. The summed E-state index contributed by atoms with van der Waals surface area (Å²) >= 11 is 1.66. The zero-order valence-corrected chi connectivity index (χ0v) is 15.8. The number of rotatable bonds is 3. The molecule has 130 valence electrons. The highest BCUT2D eigenvalue weighted by atomic mass is 32.1. The van der Waals surface area contributed by atoms with Crippen LogP contribution < -0.4 is 4.90 Å². The van der Waals surface area contributed by atoms with E-state index >= 15 is 0 Å². The van der Waals surface area contributed by atoms with Gasteiger partial charge in [-0.1, -0.05) is 20.8 Å². The van der Waals surface area contributed by atoms with Crippen LogP contribution in [0.2, 0.25) is 0 Å². The van der Waals surface area contributed by atoms with E-state index in [-0.39, 0.29) is 11.3 Å². The van der Waals surface area contributed by atoms with Crippen LogP contribution in [0, 0.1) is 11.3 Å². The van der Waals surface area contributed by atoms with E-state index in [4.69, 9.17) is 0 Å². The number of thiophene rings is 1. The zero-order valence-electron chi connectivity index (χ0n) is 15.0. The van der Waals surface area contributed by atoms with Crippen molar-refractivity contribution in [2.24, 2.45) is 11.3 Å². The van der Waals surface area contributed by atoms with Gasteiger partial charge in [0.2, 0.25) is 5.91 Å². The van der Waals surface area contributed by atoms with E-state index in [0.29, 0.717) is 5.92 Å². The summed E-state index contributed by atoms with van der Waals surface area (Å²) < 4.78 is 0. The molecule has 3 rings (SSSR count). The molecule has 0 aliphatic carbocycles. The third-order valence-electron chi connectivity index (χ3n) is 4.68. The second-order valence-electron chi connectivity index (χ2n) is 7.70. The molecule has 1 saturated heterocycles. The van der Waals surface area contributed by atoms with Gasteiger partial charge in [0.25, 0.3) is 0 Å². The van der Waals surface area contributed by atoms with Gasteiger partial charge in [-0.2, -0.15) is 0 Å². The average molecular weight is 347 g/mol. The number of fused-ring (bicyclic) bond motifs is 1. The fraction of sp³-hybridized carbons (Fsp3) is 0.611. The van der Waals surface area contributed by atoms with Gasteiger partial charge in [-0.3, -0.25) is 4.79 Å². The summed E-state index contributed by atoms with van der Waals surface area (Å²) in [7, 11) is 1.93. The van der Waals surface area contributed by atoms with Gasteiger partial charge in [-0.25, -0.2) is 9.97 Å². The highest BCUT2D eigenvalue weighted by molar-refractivity contribution is 7.16. The lowest BCUT2D eigenvalue weighted by atomic mass is 9.92. The minimum atomic E-state index is -0.305. The molecule has 0 radical (unpaired) electrons. The SMILES string of the molecule is CN(CC1CCN(c2ncnc3sccc23)CC1)C(=O)C(C)(C)C. The molecule has 0 aromatic carbocycles. The molecule has 0 bridgehead atoms. The summed E-state index contributed by atoms with van der Waals surface area (Å²) in [5.41, 5.74) is -0.305. The lowest BCUT2D eigenvalue weighted by Crippen LogP contribution is -2.43. The zero-order chi connectivity index (χ0) is 17.3. The third-order valence-corrected chi connectivity index (χ3v) is 5.50. The maximum absolute atomic E-state index is 12.3. The Bertz CT molecular complexity index is 713. The van der Waals surface area contributed by atoms with Crippen molar-refractivity contribution in [1.29, 1.82) is 0 Å². The molecular weight excluding hydrogens is 320 g/mol. The predicted octanol–water partition coefficient (Wildman–Crippen LogP) is 3.41. The lowest BCUT2D eigenvalue weighted by molar-refractivity contribution is -0.138. The Labute approximate surface area is 147 Å². The lowest BCUT2D eigenvalue weighted by Gasteiger charge is -2.36. The number of carbonyl (C=O) groups excluding carboxylic acids is 1. The summed E-state index contributed by atoms with van der Waals surface area (Å²) in [5.74, 6) is 1.84. The van der Waals surface area contributed by atoms with E-state index in [9.17, 15) is 4.79 Å². The van der Waals surface area contributed by atoms with Gasteiger partial charge in [0.05, 0.1) is 5.39 Å². The number of nitrogens with zero attached hydrogens (tertiary/aromatic N) is 4. The number of piperidine rings is 1. The van der Waals surface area contributed by atoms with Crippen LogP contribution in [0.25, 0.3) is 10.2 Å². The minimum Gasteiger partial charge on any atom is -0.356 e. The minimum absolute atomic E-state index is 0.223. The Balaban J connectivity index is 1.60. The van der Waals surface area contributed by atoms with Crippen LogP contribution in [0.5, 0.6) is 0 Å². The Kier molecular flexibility index (Phi) is 4.76. The van der Waals surface area contributed by atoms with Crippen LogP contribution in [0.1, 0.15) is 33.6 Å². The molecule has 1 aliphatic rings. The molecule has 0 spiro atoms. The van der Waals surface area contributed by atoms with Crippen LogP contribution >= 0.6 is 11.3 Å². The highest BCUT2D eigenvalue weighted by Crippen LogP contribution is 2.30. The van der Waals surface area contributed by atoms with E-state index in [1.807, 2.05) is 32.7 Å². The first-order valence-corrected chi connectivity index (χ1v) is 9.43. The van der Waals surface area contributed by atoms with Gasteiger partial charge in [0.15, 0.2) is 0 Å². The van der Waals surface area contributed by atoms with Crippen molar-refractivity contribution in [2.45, 2.75) is 33.6 Å². The van der Waals surface area contributed by atoms with Crippen LogP contribution in [-0.2, 0) is 4.79 Å². The van der Waals surface area contributed by atoms with Gasteiger partial charge >= 0.3 is 0 Å². The largest absolute Gasteiger partial charge is 0.356 e. The van der Waals surface area contributed by atoms with Gasteiger partial charge in [-0.15, -0.1) is 11.3 Å². The van der Waals surface area contributed by atoms with Crippen molar-refractivity contribution >= 4 is 33.3 Å². The van der Waals surface area contributed by atoms with Crippen molar-refractivity contribution in [3.05, 3.63) is 17.8 Å². The second kappa shape index (κ2) is 6.67. The molecule has 6 heteroatoms. The molecular formula is C18H26N4OS. The van der Waals surface area contributed by atoms with Crippen molar-refractivity contribution in [3.8, 4) is 0 Å². The van der Waals surface area contributed by atoms with Crippen LogP contribution in [0.3, 0.4) is 0 Å². The van der Waals surface area contributed by atoms with Crippen molar-refractivity contribution in [1.82, 2.24) is 14.9 Å². The van der Waals surface area contributed by atoms with Gasteiger partial charge in [-0.05, 0) is 30.2 Å². The van der Waals surface area contributed by atoms with Gasteiger partial charge in [0.1, 0.15) is 17.0 Å². The van der Waals surface area contributed by atoms with E-state index in [2.05, 4.69) is 26.3 Å². The topological polar surface area (TPSA) is 49.3 Å². The standard InChI is InChI=1S/C18H26N4OS/c1-18(2,3)17(23)21(4)11-13-5-8-22(9-6-13)15-14-7-10-24-16(14)20-12-19-15/h7,10,12-13H,5-6,8-9,11H2,1-4H3. The monoisotopic (exact) mass is 346 g/mol. The number of carbonyl (C=O) groups is 1. The van der Waals surface area contributed by atoms with Crippen LogP contribution in [0.4, 0.5) is 5.82 Å². The maximum atomic E-state index is 12.3. The summed E-state index contributed by atoms with van der Waals surface area (Å²) in [4.78, 5) is 26.5. The molecule has 5 nitrogen and oxygen atoms in total. The molecule has 1 aliphatic heterocycles. The number of hydrogen-bond acceptors (Lipinski definition) is 5. The summed E-state index contributed by atoms with van der Waals surface area (Å²) in [5, 5.41) is 3.23. The Morgan fingerprint density at radius 2 is 2.04 bits per heavy atom. The summed E-state index contributed by atoms with van der Waals surface area (Å²) in [6.07, 6.45) is 3.85. The molecule has 0 saturated carbocycles. The van der Waals surface area contributed by atoms with Gasteiger partial charge < -0.3 is 9.80 Å². The Morgan fingerprint density at radius 1 is 1.33 bits per heavy atom. The average Bonchev–Trinajstić information content (AvgIpc) is 3.02. The van der Waals surface area contributed by atoms with Gasteiger partial charge in [0, 0.05) is 32.1 Å². The summed E-state index contributed by atoms with van der Waals surface area (Å²) in [6.45, 7) is 8.77. The van der Waals surface area contributed by atoms with E-state index in [0.717, 1.165) is 48.5 Å². The summed E-state index contributed by atoms with van der Waals surface area (Å²) in [6, 6.07) is 2.11. The number of amides is 1. The number of anilines is 1. The molecule has 0 atom stereocenters. The molecule has 1 amide bonds. The van der Waals surface area contributed by atoms with Crippen molar-refractivity contribution in [3.63, 3.8) is 0 Å². The second-order valence-corrected chi connectivity index (χ2v) is 8.60. The molecule has 2 aromatic rings. The van der Waals surface area contributed by atoms with E-state index in [1.165, 1.54) is 0 Å². The highest BCUT2D eigenvalue weighted by Gasteiger charge is 2.28. The first-order chi connectivity index (χ1) is 11.4. The number of hydrogen-bond donors (Lipinski definition) is 0. The molecule has 1 fully saturated rings. The van der Waals surface area contributed by atoms with Crippen LogP contribution in [-0.4, -0.2) is 47.5 Å². The van der Waals surface area contributed by atoms with E-state index in [1.54, 1.807) is 17.7 Å². The predicted molar refractivity (Wildman–Crippen MR) is 99.4 cm³/mol. The Morgan fingerprint density at radius 3 is 2.71 bits per heavy atom.